The van der Waals surface area contributed by atoms with E-state index in [1.165, 1.54) is 17.3 Å². The third-order valence-electron chi connectivity index (χ3n) is 4.99. The van der Waals surface area contributed by atoms with Crippen LogP contribution in [0.15, 0.2) is 66.3 Å². The van der Waals surface area contributed by atoms with E-state index >= 15 is 0 Å². The van der Waals surface area contributed by atoms with Gasteiger partial charge in [0.1, 0.15) is 5.75 Å². The first-order chi connectivity index (χ1) is 15.3. The molecule has 0 fully saturated rings. The molecule has 0 radical (unpaired) electrons. The summed E-state index contributed by atoms with van der Waals surface area (Å²) in [5.41, 5.74) is 3.32. The number of ether oxygens (including phenoxy) is 1. The fourth-order valence-electron chi connectivity index (χ4n) is 3.19. The van der Waals surface area contributed by atoms with Gasteiger partial charge in [-0.2, -0.15) is 0 Å². The van der Waals surface area contributed by atoms with Gasteiger partial charge in [-0.15, -0.1) is 16.8 Å². The van der Waals surface area contributed by atoms with Crippen molar-refractivity contribution in [3.05, 3.63) is 72.3 Å². The summed E-state index contributed by atoms with van der Waals surface area (Å²) in [5.74, 6) is 1.72. The molecule has 1 heterocycles. The zero-order valence-electron chi connectivity index (χ0n) is 19.1. The summed E-state index contributed by atoms with van der Waals surface area (Å²) in [6.07, 6.45) is 1.81. The quantitative estimate of drug-likeness (QED) is 0.373. The summed E-state index contributed by atoms with van der Waals surface area (Å²) < 4.78 is 7.21. The van der Waals surface area contributed by atoms with Crippen LogP contribution in [-0.4, -0.2) is 33.5 Å². The fourth-order valence-corrected chi connectivity index (χ4v) is 3.96. The van der Waals surface area contributed by atoms with Gasteiger partial charge in [-0.25, -0.2) is 0 Å². The number of hydrogen-bond donors (Lipinski definition) is 1. The van der Waals surface area contributed by atoms with Crippen molar-refractivity contribution in [1.82, 2.24) is 20.1 Å². The molecule has 168 valence electrons. The fraction of sp³-hybridized carbons (Fsp3) is 0.320. The number of aromatic nitrogens is 3. The topological polar surface area (TPSA) is 69.0 Å². The lowest BCUT2D eigenvalue weighted by Crippen LogP contribution is -2.24. The smallest absolute Gasteiger partial charge is 0.230 e. The van der Waals surface area contributed by atoms with Gasteiger partial charge in [-0.3, -0.25) is 9.36 Å². The van der Waals surface area contributed by atoms with Gasteiger partial charge in [0, 0.05) is 18.7 Å². The highest BCUT2D eigenvalue weighted by molar-refractivity contribution is 7.99. The van der Waals surface area contributed by atoms with Crippen LogP contribution in [0.1, 0.15) is 31.9 Å². The van der Waals surface area contributed by atoms with E-state index in [1.54, 1.807) is 7.11 Å². The Morgan fingerprint density at radius 2 is 1.94 bits per heavy atom. The Kier molecular flexibility index (Phi) is 7.75. The summed E-state index contributed by atoms with van der Waals surface area (Å²) in [4.78, 5) is 12.4. The third kappa shape index (κ3) is 6.01. The van der Waals surface area contributed by atoms with Gasteiger partial charge in [0.15, 0.2) is 11.0 Å². The Bertz CT molecular complexity index is 1070. The first kappa shape index (κ1) is 23.6. The highest BCUT2D eigenvalue weighted by atomic mass is 32.2. The Balaban J connectivity index is 1.66. The minimum Gasteiger partial charge on any atom is -0.497 e. The maximum Gasteiger partial charge on any atom is 0.230 e. The molecule has 0 bridgehead atoms. The van der Waals surface area contributed by atoms with E-state index in [-0.39, 0.29) is 17.1 Å². The van der Waals surface area contributed by atoms with Crippen LogP contribution in [0.25, 0.3) is 11.4 Å². The molecule has 0 saturated heterocycles. The lowest BCUT2D eigenvalue weighted by molar-refractivity contribution is -0.118. The Hall–Kier alpha value is -3.06. The molecule has 6 nitrogen and oxygen atoms in total. The maximum atomic E-state index is 12.4. The number of carbonyl (C=O) groups excluding carboxylic acids is 1. The van der Waals surface area contributed by atoms with Crippen LogP contribution in [0.5, 0.6) is 5.75 Å². The van der Waals surface area contributed by atoms with Crippen LogP contribution in [0.2, 0.25) is 0 Å². The lowest BCUT2D eigenvalue weighted by Gasteiger charge is -2.19. The van der Waals surface area contributed by atoms with Gasteiger partial charge >= 0.3 is 0 Å². The third-order valence-corrected chi connectivity index (χ3v) is 5.96. The van der Waals surface area contributed by atoms with Gasteiger partial charge in [-0.05, 0) is 28.7 Å². The second-order valence-corrected chi connectivity index (χ2v) is 9.39. The molecular formula is C25H30N4O2S. The van der Waals surface area contributed by atoms with Crippen LogP contribution < -0.4 is 10.1 Å². The summed E-state index contributed by atoms with van der Waals surface area (Å²) in [7, 11) is 1.63. The summed E-state index contributed by atoms with van der Waals surface area (Å²) in [5, 5.41) is 12.3. The van der Waals surface area contributed by atoms with E-state index in [0.29, 0.717) is 18.2 Å². The highest BCUT2D eigenvalue weighted by Crippen LogP contribution is 2.27. The molecule has 2 aromatic carbocycles. The normalized spacial score (nSPS) is 11.2. The first-order valence-corrected chi connectivity index (χ1v) is 11.5. The van der Waals surface area contributed by atoms with E-state index < -0.39 is 0 Å². The van der Waals surface area contributed by atoms with Crippen LogP contribution >= 0.6 is 11.8 Å². The second-order valence-electron chi connectivity index (χ2n) is 8.45. The number of methoxy groups -OCH3 is 1. The second kappa shape index (κ2) is 10.5. The van der Waals surface area contributed by atoms with Crippen molar-refractivity contribution >= 4 is 17.7 Å². The number of nitrogens with one attached hydrogen (secondary N) is 1. The predicted octanol–water partition coefficient (Wildman–Crippen LogP) is 4.85. The van der Waals surface area contributed by atoms with Crippen molar-refractivity contribution in [2.45, 2.75) is 44.4 Å². The number of benzene rings is 2. The Labute approximate surface area is 194 Å². The van der Waals surface area contributed by atoms with E-state index in [9.17, 15) is 4.79 Å². The average molecular weight is 451 g/mol. The van der Waals surface area contributed by atoms with Crippen LogP contribution in [0, 0.1) is 0 Å². The summed E-state index contributed by atoms with van der Waals surface area (Å²) in [6.45, 7) is 11.4. The molecule has 0 aliphatic heterocycles. The molecule has 0 aliphatic carbocycles. The largest absolute Gasteiger partial charge is 0.497 e. The van der Waals surface area contributed by atoms with Crippen LogP contribution in [0.3, 0.4) is 0 Å². The zero-order chi connectivity index (χ0) is 23.1. The number of nitrogens with zero attached hydrogens (tertiary/aromatic N) is 3. The molecule has 0 spiro atoms. The van der Waals surface area contributed by atoms with E-state index in [2.05, 4.69) is 67.1 Å². The zero-order valence-corrected chi connectivity index (χ0v) is 19.9. The molecule has 0 unspecified atom stereocenters. The maximum absolute atomic E-state index is 12.4. The summed E-state index contributed by atoms with van der Waals surface area (Å²) in [6, 6.07) is 16.0. The Morgan fingerprint density at radius 3 is 2.59 bits per heavy atom. The molecule has 1 amide bonds. The molecule has 3 rings (SSSR count). The van der Waals surface area contributed by atoms with Crippen LogP contribution in [-0.2, 0) is 23.3 Å². The van der Waals surface area contributed by atoms with Gasteiger partial charge in [0.25, 0.3) is 0 Å². The van der Waals surface area contributed by atoms with Crippen molar-refractivity contribution in [2.24, 2.45) is 0 Å². The molecular weight excluding hydrogens is 420 g/mol. The number of hydrogen-bond acceptors (Lipinski definition) is 5. The predicted molar refractivity (Wildman–Crippen MR) is 130 cm³/mol. The lowest BCUT2D eigenvalue weighted by atomic mass is 9.87. The van der Waals surface area contributed by atoms with Crippen molar-refractivity contribution in [3.63, 3.8) is 0 Å². The molecule has 3 aromatic rings. The molecule has 7 heteroatoms. The number of carbonyl (C=O) groups is 1. The number of amides is 1. The molecule has 0 aliphatic rings. The molecule has 1 aromatic heterocycles. The van der Waals surface area contributed by atoms with Crippen molar-refractivity contribution in [2.75, 3.05) is 12.9 Å². The van der Waals surface area contributed by atoms with E-state index in [0.717, 1.165) is 22.7 Å². The number of allylic oxidation sites excluding steroid dienone is 1. The standard InChI is InChI=1S/C25H30N4O2S/c1-6-14-29-23(19-10-12-20(13-11-19)25(2,3)4)27-28-24(29)32-17-22(30)26-16-18-8-7-9-21(15-18)31-5/h6-13,15H,1,14,16-17H2,2-5H3,(H,26,30). The van der Waals surface area contributed by atoms with E-state index in [4.69, 9.17) is 4.74 Å². The van der Waals surface area contributed by atoms with Gasteiger partial charge < -0.3 is 10.1 Å². The Morgan fingerprint density at radius 1 is 1.19 bits per heavy atom. The number of thioether (sulfide) groups is 1. The minimum absolute atomic E-state index is 0.0675. The molecule has 0 saturated carbocycles. The van der Waals surface area contributed by atoms with Crippen molar-refractivity contribution in [3.8, 4) is 17.1 Å². The highest BCUT2D eigenvalue weighted by Gasteiger charge is 2.17. The van der Waals surface area contributed by atoms with Crippen LogP contribution in [0.4, 0.5) is 0 Å². The monoisotopic (exact) mass is 450 g/mol. The van der Waals surface area contributed by atoms with E-state index in [1.807, 2.05) is 34.9 Å². The molecule has 0 atom stereocenters. The SMILES string of the molecule is C=CCn1c(SCC(=O)NCc2cccc(OC)c2)nnc1-c1ccc(C(C)(C)C)cc1. The average Bonchev–Trinajstić information content (AvgIpc) is 3.18. The van der Waals surface area contributed by atoms with Gasteiger partial charge in [0.05, 0.1) is 12.9 Å². The first-order valence-electron chi connectivity index (χ1n) is 10.5. The van der Waals surface area contributed by atoms with Gasteiger partial charge in [0.2, 0.25) is 5.91 Å². The number of rotatable bonds is 9. The molecule has 1 N–H and O–H groups in total. The molecule has 32 heavy (non-hydrogen) atoms. The van der Waals surface area contributed by atoms with Gasteiger partial charge in [-0.1, -0.05) is 75.0 Å². The minimum atomic E-state index is -0.0675. The summed E-state index contributed by atoms with van der Waals surface area (Å²) >= 11 is 1.37. The van der Waals surface area contributed by atoms with Crippen molar-refractivity contribution < 1.29 is 9.53 Å². The van der Waals surface area contributed by atoms with Crippen molar-refractivity contribution in [1.29, 1.82) is 0 Å².